The Bertz CT molecular complexity index is 660. The van der Waals surface area contributed by atoms with Crippen molar-refractivity contribution in [3.8, 4) is 0 Å². The summed E-state index contributed by atoms with van der Waals surface area (Å²) >= 11 is 0. The predicted molar refractivity (Wildman–Crippen MR) is 77.5 cm³/mol. The number of likely N-dealkylation sites (tertiary alicyclic amines) is 1. The lowest BCUT2D eigenvalue weighted by Crippen LogP contribution is -2.39. The molecule has 1 aliphatic heterocycles. The van der Waals surface area contributed by atoms with Gasteiger partial charge in [-0.05, 0) is 36.5 Å². The standard InChI is InChI=1S/C14H17NO6S/c1-22(20,21)11-4-2-9(3-5-11)6-10-7-12(13(16)17)15(8-10)14(18)19/h2-5,10,12H,6-8H2,1H3,(H,16,17)(H,18,19)/t10?,12-/m0/s1. The van der Waals surface area contributed by atoms with Crippen molar-refractivity contribution in [1.29, 1.82) is 0 Å². The second-order valence-corrected chi connectivity index (χ2v) is 7.53. The van der Waals surface area contributed by atoms with Crippen LogP contribution in [0.3, 0.4) is 0 Å². The van der Waals surface area contributed by atoms with Crippen LogP contribution in [0.2, 0.25) is 0 Å². The van der Waals surface area contributed by atoms with Crippen LogP contribution in [0.1, 0.15) is 12.0 Å². The van der Waals surface area contributed by atoms with Crippen molar-refractivity contribution < 1.29 is 28.2 Å². The van der Waals surface area contributed by atoms with E-state index in [1.54, 1.807) is 12.1 Å². The topological polar surface area (TPSA) is 112 Å². The maximum Gasteiger partial charge on any atom is 0.408 e. The number of carboxylic acid groups (broad SMARTS) is 2. The Hall–Kier alpha value is -2.09. The van der Waals surface area contributed by atoms with Crippen LogP contribution in [0.15, 0.2) is 29.2 Å². The zero-order chi connectivity index (χ0) is 16.5. The zero-order valence-corrected chi connectivity index (χ0v) is 12.8. The Morgan fingerprint density at radius 2 is 1.82 bits per heavy atom. The molecule has 1 saturated heterocycles. The molecule has 1 fully saturated rings. The molecule has 2 atom stereocenters. The molecule has 1 aromatic rings. The van der Waals surface area contributed by atoms with Gasteiger partial charge in [0.15, 0.2) is 9.84 Å². The molecule has 0 saturated carbocycles. The van der Waals surface area contributed by atoms with E-state index in [2.05, 4.69) is 0 Å². The van der Waals surface area contributed by atoms with Gasteiger partial charge in [0.2, 0.25) is 0 Å². The summed E-state index contributed by atoms with van der Waals surface area (Å²) in [4.78, 5) is 23.3. The second kappa shape index (κ2) is 5.96. The van der Waals surface area contributed by atoms with Crippen LogP contribution in [0.5, 0.6) is 0 Å². The van der Waals surface area contributed by atoms with E-state index in [9.17, 15) is 18.0 Å². The number of rotatable bonds is 4. The quantitative estimate of drug-likeness (QED) is 0.856. The smallest absolute Gasteiger partial charge is 0.408 e. The van der Waals surface area contributed by atoms with Gasteiger partial charge in [0.25, 0.3) is 0 Å². The van der Waals surface area contributed by atoms with Crippen LogP contribution < -0.4 is 0 Å². The lowest BCUT2D eigenvalue weighted by atomic mass is 9.97. The first-order valence-corrected chi connectivity index (χ1v) is 8.59. The summed E-state index contributed by atoms with van der Waals surface area (Å²) in [5.41, 5.74) is 0.855. The Morgan fingerprint density at radius 3 is 2.23 bits per heavy atom. The van der Waals surface area contributed by atoms with Crippen LogP contribution >= 0.6 is 0 Å². The van der Waals surface area contributed by atoms with Crippen LogP contribution in [0.25, 0.3) is 0 Å². The number of carbonyl (C=O) groups is 2. The van der Waals surface area contributed by atoms with Gasteiger partial charge >= 0.3 is 12.1 Å². The maximum atomic E-state index is 11.4. The third kappa shape index (κ3) is 3.56. The van der Waals surface area contributed by atoms with Gasteiger partial charge < -0.3 is 10.2 Å². The Kier molecular flexibility index (Phi) is 4.41. The number of benzene rings is 1. The van der Waals surface area contributed by atoms with Gasteiger partial charge in [-0.2, -0.15) is 0 Å². The van der Waals surface area contributed by atoms with Gasteiger partial charge in [0.1, 0.15) is 6.04 Å². The number of carboxylic acids is 1. The van der Waals surface area contributed by atoms with E-state index in [4.69, 9.17) is 10.2 Å². The van der Waals surface area contributed by atoms with E-state index >= 15 is 0 Å². The molecule has 0 radical (unpaired) electrons. The van der Waals surface area contributed by atoms with Crippen molar-refractivity contribution in [2.45, 2.75) is 23.8 Å². The Morgan fingerprint density at radius 1 is 1.23 bits per heavy atom. The monoisotopic (exact) mass is 327 g/mol. The van der Waals surface area contributed by atoms with E-state index in [1.165, 1.54) is 12.1 Å². The maximum absolute atomic E-state index is 11.4. The first-order valence-electron chi connectivity index (χ1n) is 6.70. The van der Waals surface area contributed by atoms with Gasteiger partial charge in [-0.15, -0.1) is 0 Å². The predicted octanol–water partition coefficient (Wildman–Crippen LogP) is 1.09. The Balaban J connectivity index is 2.09. The first kappa shape index (κ1) is 16.3. The van der Waals surface area contributed by atoms with E-state index < -0.39 is 27.9 Å². The fourth-order valence-corrected chi connectivity index (χ4v) is 3.35. The summed E-state index contributed by atoms with van der Waals surface area (Å²) in [6.07, 6.45) is 0.663. The molecule has 8 heteroatoms. The minimum atomic E-state index is -3.25. The molecule has 2 rings (SSSR count). The van der Waals surface area contributed by atoms with Crippen molar-refractivity contribution >= 4 is 21.9 Å². The van der Waals surface area contributed by atoms with Crippen molar-refractivity contribution in [3.05, 3.63) is 29.8 Å². The average Bonchev–Trinajstić information content (AvgIpc) is 2.82. The molecule has 1 amide bonds. The van der Waals surface area contributed by atoms with Crippen molar-refractivity contribution in [2.75, 3.05) is 12.8 Å². The van der Waals surface area contributed by atoms with Gasteiger partial charge in [0, 0.05) is 12.8 Å². The Labute approximate surface area is 128 Å². The molecule has 22 heavy (non-hydrogen) atoms. The molecule has 1 aromatic carbocycles. The second-order valence-electron chi connectivity index (χ2n) is 5.51. The number of hydrogen-bond donors (Lipinski definition) is 2. The lowest BCUT2D eigenvalue weighted by molar-refractivity contribution is -0.141. The van der Waals surface area contributed by atoms with E-state index in [0.29, 0.717) is 6.42 Å². The van der Waals surface area contributed by atoms with Crippen LogP contribution in [-0.2, 0) is 21.1 Å². The van der Waals surface area contributed by atoms with E-state index in [-0.39, 0.29) is 23.8 Å². The normalized spacial score (nSPS) is 21.8. The minimum Gasteiger partial charge on any atom is -0.480 e. The highest BCUT2D eigenvalue weighted by Crippen LogP contribution is 2.27. The fraction of sp³-hybridized carbons (Fsp3) is 0.429. The van der Waals surface area contributed by atoms with Gasteiger partial charge in [0.05, 0.1) is 4.90 Å². The summed E-state index contributed by atoms with van der Waals surface area (Å²) < 4.78 is 22.8. The molecule has 1 unspecified atom stereocenters. The lowest BCUT2D eigenvalue weighted by Gasteiger charge is -2.16. The zero-order valence-electron chi connectivity index (χ0n) is 12.0. The fourth-order valence-electron chi connectivity index (χ4n) is 2.72. The molecule has 7 nitrogen and oxygen atoms in total. The number of nitrogens with zero attached hydrogens (tertiary/aromatic N) is 1. The van der Waals surface area contributed by atoms with Gasteiger partial charge in [-0.25, -0.2) is 18.0 Å². The molecule has 1 aliphatic rings. The summed E-state index contributed by atoms with van der Waals surface area (Å²) in [7, 11) is -3.25. The number of aliphatic carboxylic acids is 1. The van der Waals surface area contributed by atoms with E-state index in [0.717, 1.165) is 16.7 Å². The van der Waals surface area contributed by atoms with Gasteiger partial charge in [-0.1, -0.05) is 12.1 Å². The van der Waals surface area contributed by atoms with Crippen molar-refractivity contribution in [3.63, 3.8) is 0 Å². The molecule has 0 spiro atoms. The molecular weight excluding hydrogens is 310 g/mol. The summed E-state index contributed by atoms with van der Waals surface area (Å²) in [6.45, 7) is 0.167. The molecule has 0 aromatic heterocycles. The average molecular weight is 327 g/mol. The highest BCUT2D eigenvalue weighted by molar-refractivity contribution is 7.90. The van der Waals surface area contributed by atoms with Crippen LogP contribution in [-0.4, -0.2) is 54.4 Å². The first-order chi connectivity index (χ1) is 10.2. The van der Waals surface area contributed by atoms with Crippen LogP contribution in [0.4, 0.5) is 4.79 Å². The third-order valence-electron chi connectivity index (χ3n) is 3.79. The van der Waals surface area contributed by atoms with Gasteiger partial charge in [-0.3, -0.25) is 4.90 Å². The van der Waals surface area contributed by atoms with E-state index in [1.807, 2.05) is 0 Å². The minimum absolute atomic E-state index is 0.0960. The largest absolute Gasteiger partial charge is 0.480 e. The van der Waals surface area contributed by atoms with Crippen molar-refractivity contribution in [1.82, 2.24) is 4.90 Å². The summed E-state index contributed by atoms with van der Waals surface area (Å²) in [5, 5.41) is 18.1. The molecule has 1 heterocycles. The number of amides is 1. The molecule has 0 aliphatic carbocycles. The highest BCUT2D eigenvalue weighted by atomic mass is 32.2. The number of sulfone groups is 1. The summed E-state index contributed by atoms with van der Waals surface area (Å²) in [5.74, 6) is -1.24. The SMILES string of the molecule is CS(=O)(=O)c1ccc(CC2C[C@@H](C(=O)O)N(C(=O)O)C2)cc1. The third-order valence-corrected chi connectivity index (χ3v) is 4.92. The number of hydrogen-bond acceptors (Lipinski definition) is 4. The molecular formula is C14H17NO6S. The van der Waals surface area contributed by atoms with Crippen LogP contribution in [0, 0.1) is 5.92 Å². The van der Waals surface area contributed by atoms with Crippen molar-refractivity contribution in [2.24, 2.45) is 5.92 Å². The highest BCUT2D eigenvalue weighted by Gasteiger charge is 2.39. The molecule has 120 valence electrons. The molecule has 0 bridgehead atoms. The summed E-state index contributed by atoms with van der Waals surface area (Å²) in [6, 6.07) is 5.34. The molecule has 2 N–H and O–H groups in total.